The van der Waals surface area contributed by atoms with Crippen LogP contribution in [0.25, 0.3) is 0 Å². The fourth-order valence-corrected chi connectivity index (χ4v) is 3.33. The fourth-order valence-electron chi connectivity index (χ4n) is 3.33. The molecule has 0 aromatic carbocycles. The van der Waals surface area contributed by atoms with Crippen molar-refractivity contribution in [2.75, 3.05) is 0 Å². The highest BCUT2D eigenvalue weighted by Gasteiger charge is 2.44. The maximum atomic E-state index is 5.58. The van der Waals surface area contributed by atoms with Crippen LogP contribution < -0.4 is 0 Å². The zero-order valence-electron chi connectivity index (χ0n) is 9.00. The monoisotopic (exact) mass is 193 g/mol. The molecule has 0 N–H and O–H groups in total. The van der Waals surface area contributed by atoms with Crippen molar-refractivity contribution in [1.29, 1.82) is 0 Å². The first-order valence-corrected chi connectivity index (χ1v) is 6.41. The van der Waals surface area contributed by atoms with Crippen molar-refractivity contribution in [3.63, 3.8) is 0 Å². The minimum atomic E-state index is 0.655. The smallest absolute Gasteiger partial charge is 0.0847 e. The summed E-state index contributed by atoms with van der Waals surface area (Å²) in [6.45, 7) is 0. The van der Waals surface area contributed by atoms with Crippen LogP contribution in [0.3, 0.4) is 0 Å². The molecule has 0 aromatic rings. The molecule has 1 nitrogen and oxygen atoms in total. The molecule has 1 saturated heterocycles. The van der Waals surface area contributed by atoms with Crippen molar-refractivity contribution >= 4 is 0 Å². The highest BCUT2D eigenvalue weighted by atomic mass is 16.6. The first kappa shape index (κ1) is 9.21. The van der Waals surface area contributed by atoms with Gasteiger partial charge in [-0.15, -0.1) is 0 Å². The van der Waals surface area contributed by atoms with Gasteiger partial charge in [-0.05, 0) is 37.5 Å². The number of rotatable bonds is 2. The van der Waals surface area contributed by atoms with E-state index in [1.54, 1.807) is 0 Å². The molecule has 0 spiro atoms. The first-order chi connectivity index (χ1) is 6.92. The van der Waals surface area contributed by atoms with Gasteiger partial charge in [-0.2, -0.15) is 0 Å². The second-order valence-corrected chi connectivity index (χ2v) is 5.41. The summed E-state index contributed by atoms with van der Waals surface area (Å²) >= 11 is 0. The molecular weight excluding hydrogens is 172 g/mol. The van der Waals surface area contributed by atoms with E-state index < -0.39 is 0 Å². The molecule has 0 bridgehead atoms. The van der Waals surface area contributed by atoms with Crippen LogP contribution >= 0.6 is 0 Å². The molecule has 3 fully saturated rings. The third kappa shape index (κ3) is 1.98. The van der Waals surface area contributed by atoms with Crippen LogP contribution in [-0.4, -0.2) is 12.2 Å². The van der Waals surface area contributed by atoms with Gasteiger partial charge in [-0.3, -0.25) is 0 Å². The topological polar surface area (TPSA) is 12.5 Å². The van der Waals surface area contributed by atoms with Crippen LogP contribution in [0.4, 0.5) is 0 Å². The third-order valence-electron chi connectivity index (χ3n) is 4.26. The Morgan fingerprint density at radius 1 is 1.00 bits per heavy atom. The largest absolute Gasteiger partial charge is 0.370 e. The van der Waals surface area contributed by atoms with Gasteiger partial charge < -0.3 is 4.74 Å². The zero-order valence-corrected chi connectivity index (χ0v) is 9.00. The Bertz CT molecular complexity index is 195. The summed E-state index contributed by atoms with van der Waals surface area (Å²) in [6, 6.07) is 0. The van der Waals surface area contributed by atoms with Crippen LogP contribution in [0.1, 0.15) is 57.8 Å². The van der Waals surface area contributed by atoms with E-state index in [4.69, 9.17) is 4.74 Å². The van der Waals surface area contributed by atoms with Crippen LogP contribution in [-0.2, 0) is 4.74 Å². The number of fused-ring (bicyclic) bond motifs is 1. The molecular formula is C13H21O. The fraction of sp³-hybridized carbons (Fsp3) is 0.923. The second kappa shape index (κ2) is 3.84. The van der Waals surface area contributed by atoms with Gasteiger partial charge in [0.1, 0.15) is 0 Å². The van der Waals surface area contributed by atoms with Crippen molar-refractivity contribution in [2.24, 2.45) is 5.92 Å². The Balaban J connectivity index is 1.46. The summed E-state index contributed by atoms with van der Waals surface area (Å²) in [7, 11) is 0. The summed E-state index contributed by atoms with van der Waals surface area (Å²) < 4.78 is 5.58. The van der Waals surface area contributed by atoms with Gasteiger partial charge in [0, 0.05) is 0 Å². The lowest BCUT2D eigenvalue weighted by Gasteiger charge is -2.27. The van der Waals surface area contributed by atoms with Crippen molar-refractivity contribution in [1.82, 2.24) is 0 Å². The minimum Gasteiger partial charge on any atom is -0.370 e. The number of ether oxygens (including phenoxy) is 1. The molecule has 1 heteroatoms. The Morgan fingerprint density at radius 2 is 1.86 bits per heavy atom. The third-order valence-corrected chi connectivity index (χ3v) is 4.26. The molecule has 0 amide bonds. The molecule has 3 rings (SSSR count). The normalized spacial score (nSPS) is 39.4. The minimum absolute atomic E-state index is 0.655. The molecule has 2 unspecified atom stereocenters. The molecule has 2 atom stereocenters. The van der Waals surface area contributed by atoms with Crippen molar-refractivity contribution in [2.45, 2.75) is 70.0 Å². The maximum absolute atomic E-state index is 5.58. The molecule has 1 aliphatic heterocycles. The predicted molar refractivity (Wildman–Crippen MR) is 56.9 cm³/mol. The maximum Gasteiger partial charge on any atom is 0.0847 e. The number of hydrogen-bond donors (Lipinski definition) is 0. The first-order valence-electron chi connectivity index (χ1n) is 6.41. The van der Waals surface area contributed by atoms with Gasteiger partial charge in [0.05, 0.1) is 12.2 Å². The quantitative estimate of drug-likeness (QED) is 0.612. The van der Waals surface area contributed by atoms with Gasteiger partial charge >= 0.3 is 0 Å². The van der Waals surface area contributed by atoms with Crippen molar-refractivity contribution < 1.29 is 4.74 Å². The van der Waals surface area contributed by atoms with Crippen molar-refractivity contribution in [3.8, 4) is 0 Å². The second-order valence-electron chi connectivity index (χ2n) is 5.41. The summed E-state index contributed by atoms with van der Waals surface area (Å²) in [6.07, 6.45) is 14.2. The lowest BCUT2D eigenvalue weighted by molar-refractivity contribution is 0.328. The Morgan fingerprint density at radius 3 is 2.64 bits per heavy atom. The van der Waals surface area contributed by atoms with Gasteiger partial charge in [0.2, 0.25) is 0 Å². The van der Waals surface area contributed by atoms with E-state index >= 15 is 0 Å². The van der Waals surface area contributed by atoms with E-state index in [9.17, 15) is 0 Å². The van der Waals surface area contributed by atoms with Gasteiger partial charge in [0.15, 0.2) is 0 Å². The SMILES string of the molecule is C1CCC(C[C]2CCC3OC3C2)CC1. The average Bonchev–Trinajstić information content (AvgIpc) is 2.97. The van der Waals surface area contributed by atoms with E-state index in [1.165, 1.54) is 57.8 Å². The van der Waals surface area contributed by atoms with Crippen LogP contribution in [0.2, 0.25) is 0 Å². The molecule has 0 aromatic heterocycles. The number of hydrogen-bond acceptors (Lipinski definition) is 1. The van der Waals surface area contributed by atoms with E-state index in [1.807, 2.05) is 5.92 Å². The van der Waals surface area contributed by atoms with Crippen LogP contribution in [0.5, 0.6) is 0 Å². The van der Waals surface area contributed by atoms with E-state index in [0.29, 0.717) is 12.2 Å². The number of epoxide rings is 1. The van der Waals surface area contributed by atoms with Crippen molar-refractivity contribution in [3.05, 3.63) is 5.92 Å². The Hall–Kier alpha value is -0.0400. The summed E-state index contributed by atoms with van der Waals surface area (Å²) in [5, 5.41) is 0. The van der Waals surface area contributed by atoms with Gasteiger partial charge in [-0.1, -0.05) is 32.1 Å². The van der Waals surface area contributed by atoms with Crippen LogP contribution in [0, 0.1) is 11.8 Å². The lowest BCUT2D eigenvalue weighted by Crippen LogP contribution is -2.16. The Kier molecular flexibility index (Phi) is 2.53. The molecule has 1 radical (unpaired) electrons. The Labute approximate surface area is 87.2 Å². The molecule has 1 heterocycles. The predicted octanol–water partition coefficient (Wildman–Crippen LogP) is 3.48. The zero-order chi connectivity index (χ0) is 9.38. The molecule has 3 aliphatic rings. The highest BCUT2D eigenvalue weighted by Crippen LogP contribution is 2.44. The van der Waals surface area contributed by atoms with E-state index in [-0.39, 0.29) is 0 Å². The molecule has 2 saturated carbocycles. The average molecular weight is 193 g/mol. The highest BCUT2D eigenvalue weighted by molar-refractivity contribution is 5.06. The van der Waals surface area contributed by atoms with E-state index in [2.05, 4.69) is 0 Å². The summed E-state index contributed by atoms with van der Waals surface area (Å²) in [4.78, 5) is 0. The van der Waals surface area contributed by atoms with Gasteiger partial charge in [0.25, 0.3) is 0 Å². The molecule has 14 heavy (non-hydrogen) atoms. The summed E-state index contributed by atoms with van der Waals surface area (Å²) in [5.74, 6) is 2.87. The van der Waals surface area contributed by atoms with Gasteiger partial charge in [-0.25, -0.2) is 0 Å². The standard InChI is InChI=1S/C13H21O/c1-2-4-10(5-3-1)8-11-6-7-12-13(9-11)14-12/h10,12-13H,1-9H2. The molecule has 2 aliphatic carbocycles. The summed E-state index contributed by atoms with van der Waals surface area (Å²) in [5.41, 5.74) is 0. The lowest BCUT2D eigenvalue weighted by atomic mass is 9.78. The van der Waals surface area contributed by atoms with Crippen LogP contribution in [0.15, 0.2) is 0 Å². The molecule has 79 valence electrons. The van der Waals surface area contributed by atoms with E-state index in [0.717, 1.165) is 5.92 Å².